The van der Waals surface area contributed by atoms with Crippen LogP contribution in [-0.4, -0.2) is 24.4 Å². The minimum absolute atomic E-state index is 0.164. The summed E-state index contributed by atoms with van der Waals surface area (Å²) in [4.78, 5) is 14.2. The van der Waals surface area contributed by atoms with Gasteiger partial charge in [0.2, 0.25) is 5.91 Å². The molecule has 0 spiro atoms. The van der Waals surface area contributed by atoms with Crippen LogP contribution in [-0.2, 0) is 4.79 Å². The molecular formula is C18H37NO. The number of carbonyl (C=O) groups excluding carboxylic acids is 1. The molecule has 0 saturated carbocycles. The summed E-state index contributed by atoms with van der Waals surface area (Å²) in [5.74, 6) is 0.465. The zero-order chi connectivity index (χ0) is 16.0. The van der Waals surface area contributed by atoms with Crippen molar-refractivity contribution in [1.82, 2.24) is 4.90 Å². The van der Waals surface area contributed by atoms with Gasteiger partial charge in [0.15, 0.2) is 0 Å². The minimum Gasteiger partial charge on any atom is -0.345 e. The van der Waals surface area contributed by atoms with Gasteiger partial charge in [-0.3, -0.25) is 4.79 Å². The summed E-state index contributed by atoms with van der Waals surface area (Å²) in [7, 11) is 1.93. The summed E-state index contributed by atoms with van der Waals surface area (Å²) in [5, 5.41) is 0. The first kappa shape index (κ1) is 19.5. The lowest BCUT2D eigenvalue weighted by atomic mass is 9.89. The largest absolute Gasteiger partial charge is 0.345 e. The Morgan fingerprint density at radius 3 is 1.95 bits per heavy atom. The number of rotatable bonds is 7. The second-order valence-corrected chi connectivity index (χ2v) is 8.82. The van der Waals surface area contributed by atoms with E-state index in [4.69, 9.17) is 0 Å². The van der Waals surface area contributed by atoms with Crippen molar-refractivity contribution in [2.24, 2.45) is 16.7 Å². The Kier molecular flexibility index (Phi) is 7.83. The van der Waals surface area contributed by atoms with E-state index in [2.05, 4.69) is 48.5 Å². The molecule has 2 nitrogen and oxygen atoms in total. The average molecular weight is 284 g/mol. The average Bonchev–Trinajstić information content (AvgIpc) is 2.23. The van der Waals surface area contributed by atoms with E-state index in [1.54, 1.807) is 0 Å². The lowest BCUT2D eigenvalue weighted by molar-refractivity contribution is -0.135. The van der Waals surface area contributed by atoms with Crippen LogP contribution in [0.25, 0.3) is 0 Å². The maximum Gasteiger partial charge on any atom is 0.225 e. The van der Waals surface area contributed by atoms with Crippen molar-refractivity contribution in [3.63, 3.8) is 0 Å². The Balaban J connectivity index is 3.91. The number of hydrogen-bond acceptors (Lipinski definition) is 1. The molecule has 2 heteroatoms. The number of amides is 1. The lowest BCUT2D eigenvalue weighted by Crippen LogP contribution is -2.37. The highest BCUT2D eigenvalue weighted by molar-refractivity contribution is 5.78. The third-order valence-corrected chi connectivity index (χ3v) is 3.57. The Labute approximate surface area is 127 Å². The molecule has 0 unspecified atom stereocenters. The van der Waals surface area contributed by atoms with Crippen LogP contribution in [0, 0.1) is 16.7 Å². The molecule has 0 rings (SSSR count). The zero-order valence-corrected chi connectivity index (χ0v) is 15.2. The highest BCUT2D eigenvalue weighted by atomic mass is 16.2. The molecule has 0 aromatic heterocycles. The van der Waals surface area contributed by atoms with E-state index in [9.17, 15) is 4.79 Å². The first-order valence-electron chi connectivity index (χ1n) is 8.17. The fraction of sp³-hybridized carbons (Fsp3) is 0.944. The van der Waals surface area contributed by atoms with Crippen LogP contribution in [0.5, 0.6) is 0 Å². The highest BCUT2D eigenvalue weighted by Gasteiger charge is 2.21. The minimum atomic E-state index is 0.164. The highest BCUT2D eigenvalue weighted by Crippen LogP contribution is 2.23. The summed E-state index contributed by atoms with van der Waals surface area (Å²) >= 11 is 0. The molecule has 0 saturated heterocycles. The first-order chi connectivity index (χ1) is 8.92. The van der Waals surface area contributed by atoms with Gasteiger partial charge in [0.25, 0.3) is 0 Å². The van der Waals surface area contributed by atoms with Crippen molar-refractivity contribution < 1.29 is 4.79 Å². The number of hydrogen-bond donors (Lipinski definition) is 0. The van der Waals surface area contributed by atoms with Gasteiger partial charge in [0.05, 0.1) is 0 Å². The van der Waals surface area contributed by atoms with Crippen molar-refractivity contribution >= 4 is 5.91 Å². The van der Waals surface area contributed by atoms with Crippen molar-refractivity contribution in [2.75, 3.05) is 13.6 Å². The summed E-state index contributed by atoms with van der Waals surface area (Å²) < 4.78 is 0. The second-order valence-electron chi connectivity index (χ2n) is 8.82. The van der Waals surface area contributed by atoms with Crippen LogP contribution in [0.4, 0.5) is 0 Å². The molecule has 0 aliphatic rings. The predicted octanol–water partition coefficient (Wildman–Crippen LogP) is 5.12. The topological polar surface area (TPSA) is 20.3 Å². The number of unbranched alkanes of at least 4 members (excludes halogenated alkanes) is 2. The van der Waals surface area contributed by atoms with Gasteiger partial charge in [-0.25, -0.2) is 0 Å². The Morgan fingerprint density at radius 2 is 1.50 bits per heavy atom. The second kappa shape index (κ2) is 8.05. The van der Waals surface area contributed by atoms with Crippen molar-refractivity contribution in [3.05, 3.63) is 0 Å². The van der Waals surface area contributed by atoms with Crippen LogP contribution in [0.15, 0.2) is 0 Å². The first-order valence-corrected chi connectivity index (χ1v) is 8.17. The third kappa shape index (κ3) is 10.3. The fourth-order valence-electron chi connectivity index (χ4n) is 2.57. The van der Waals surface area contributed by atoms with Gasteiger partial charge in [-0.15, -0.1) is 0 Å². The van der Waals surface area contributed by atoms with Crippen LogP contribution in [0.2, 0.25) is 0 Å². The molecule has 0 aromatic rings. The Bertz CT molecular complexity index is 283. The molecule has 1 amide bonds. The predicted molar refractivity (Wildman–Crippen MR) is 88.8 cm³/mol. The molecule has 120 valence electrons. The van der Waals surface area contributed by atoms with Crippen molar-refractivity contribution in [3.8, 4) is 0 Å². The summed E-state index contributed by atoms with van der Waals surface area (Å²) in [6.45, 7) is 16.3. The van der Waals surface area contributed by atoms with Crippen LogP contribution < -0.4 is 0 Å². The smallest absolute Gasteiger partial charge is 0.225 e. The summed E-state index contributed by atoms with van der Waals surface area (Å²) in [6.07, 6.45) is 6.00. The third-order valence-electron chi connectivity index (χ3n) is 3.57. The summed E-state index contributed by atoms with van der Waals surface area (Å²) in [5.41, 5.74) is 0.616. The van der Waals surface area contributed by atoms with Gasteiger partial charge < -0.3 is 4.90 Å². The quantitative estimate of drug-likeness (QED) is 0.594. The number of carbonyl (C=O) groups is 1. The van der Waals surface area contributed by atoms with E-state index < -0.39 is 0 Å². The van der Waals surface area contributed by atoms with Crippen LogP contribution in [0.3, 0.4) is 0 Å². The van der Waals surface area contributed by atoms with Crippen LogP contribution in [0.1, 0.15) is 80.6 Å². The molecule has 0 radical (unpaired) electrons. The molecule has 0 aromatic carbocycles. The van der Waals surface area contributed by atoms with Gasteiger partial charge >= 0.3 is 0 Å². The SMILES string of the molecule is C[C@@H](CCCCCC(C)(C)C)C(=O)N(C)CC(C)(C)C. The standard InChI is InChI=1S/C18H37NO/c1-15(12-10-9-11-13-17(2,3)4)16(20)19(8)14-18(5,6)7/h15H,9-14H2,1-8H3/t15-/m0/s1. The lowest BCUT2D eigenvalue weighted by Gasteiger charge is -2.28. The maximum atomic E-state index is 12.3. The van der Waals surface area contributed by atoms with Gasteiger partial charge in [-0.1, -0.05) is 67.7 Å². The molecule has 0 bridgehead atoms. The van der Waals surface area contributed by atoms with E-state index in [0.29, 0.717) is 11.3 Å². The van der Waals surface area contributed by atoms with Gasteiger partial charge in [0, 0.05) is 19.5 Å². The summed E-state index contributed by atoms with van der Waals surface area (Å²) in [6, 6.07) is 0. The van der Waals surface area contributed by atoms with E-state index in [0.717, 1.165) is 13.0 Å². The van der Waals surface area contributed by atoms with Crippen LogP contribution >= 0.6 is 0 Å². The van der Waals surface area contributed by atoms with Gasteiger partial charge in [-0.2, -0.15) is 0 Å². The molecule has 0 heterocycles. The molecule has 0 aliphatic heterocycles. The fourth-order valence-corrected chi connectivity index (χ4v) is 2.57. The molecule has 0 N–H and O–H groups in total. The normalized spacial score (nSPS) is 14.2. The molecule has 20 heavy (non-hydrogen) atoms. The van der Waals surface area contributed by atoms with E-state index >= 15 is 0 Å². The van der Waals surface area contributed by atoms with E-state index in [-0.39, 0.29) is 11.3 Å². The van der Waals surface area contributed by atoms with Gasteiger partial charge in [0.1, 0.15) is 0 Å². The molecule has 0 aliphatic carbocycles. The van der Waals surface area contributed by atoms with E-state index in [1.807, 2.05) is 11.9 Å². The zero-order valence-electron chi connectivity index (χ0n) is 15.2. The van der Waals surface area contributed by atoms with Crippen molar-refractivity contribution in [1.29, 1.82) is 0 Å². The molecule has 0 fully saturated rings. The molecule has 1 atom stereocenters. The monoisotopic (exact) mass is 283 g/mol. The van der Waals surface area contributed by atoms with Crippen molar-refractivity contribution in [2.45, 2.75) is 80.6 Å². The maximum absolute atomic E-state index is 12.3. The Morgan fingerprint density at radius 1 is 0.950 bits per heavy atom. The number of nitrogens with zero attached hydrogens (tertiary/aromatic N) is 1. The van der Waals surface area contributed by atoms with Gasteiger partial charge in [-0.05, 0) is 23.7 Å². The molecular weight excluding hydrogens is 246 g/mol. The Hall–Kier alpha value is -0.530. The van der Waals surface area contributed by atoms with E-state index in [1.165, 1.54) is 25.7 Å².